The first-order valence-electron chi connectivity index (χ1n) is 3.95. The van der Waals surface area contributed by atoms with Crippen LogP contribution in [0.25, 0.3) is 0 Å². The SMILES string of the molecule is CCC(O)N1C=CCCC1. The first-order chi connectivity index (χ1) is 4.84. The third kappa shape index (κ3) is 1.74. The zero-order valence-corrected chi connectivity index (χ0v) is 6.45. The van der Waals surface area contributed by atoms with Crippen molar-refractivity contribution in [3.8, 4) is 0 Å². The lowest BCUT2D eigenvalue weighted by atomic mass is 10.2. The summed E-state index contributed by atoms with van der Waals surface area (Å²) >= 11 is 0. The summed E-state index contributed by atoms with van der Waals surface area (Å²) in [4.78, 5) is 1.99. The Morgan fingerprint density at radius 1 is 1.70 bits per heavy atom. The maximum absolute atomic E-state index is 9.36. The number of rotatable bonds is 2. The van der Waals surface area contributed by atoms with E-state index in [9.17, 15) is 5.11 Å². The molecule has 0 aromatic rings. The molecule has 0 amide bonds. The van der Waals surface area contributed by atoms with Gasteiger partial charge in [0, 0.05) is 6.54 Å². The summed E-state index contributed by atoms with van der Waals surface area (Å²) in [5, 5.41) is 9.36. The quantitative estimate of drug-likeness (QED) is 0.627. The Balaban J connectivity index is 2.38. The van der Waals surface area contributed by atoms with Crippen LogP contribution in [-0.2, 0) is 0 Å². The van der Waals surface area contributed by atoms with E-state index in [1.165, 1.54) is 6.42 Å². The predicted molar refractivity (Wildman–Crippen MR) is 41.4 cm³/mol. The minimum atomic E-state index is -0.267. The largest absolute Gasteiger partial charge is 0.374 e. The Kier molecular flexibility index (Phi) is 2.75. The fourth-order valence-electron chi connectivity index (χ4n) is 1.16. The lowest BCUT2D eigenvalue weighted by Crippen LogP contribution is -2.32. The molecule has 1 N–H and O–H groups in total. The van der Waals surface area contributed by atoms with E-state index in [1.54, 1.807) is 0 Å². The highest BCUT2D eigenvalue weighted by atomic mass is 16.3. The Labute approximate surface area is 62.2 Å². The van der Waals surface area contributed by atoms with Gasteiger partial charge in [-0.1, -0.05) is 13.0 Å². The van der Waals surface area contributed by atoms with Gasteiger partial charge in [0.05, 0.1) is 0 Å². The Bertz CT molecular complexity index is 122. The first kappa shape index (κ1) is 7.61. The molecule has 0 aromatic heterocycles. The summed E-state index contributed by atoms with van der Waals surface area (Å²) in [5.74, 6) is 0. The van der Waals surface area contributed by atoms with Crippen molar-refractivity contribution < 1.29 is 5.11 Å². The lowest BCUT2D eigenvalue weighted by Gasteiger charge is -2.27. The second-order valence-electron chi connectivity index (χ2n) is 2.65. The molecule has 0 fully saturated rings. The van der Waals surface area contributed by atoms with E-state index in [0.29, 0.717) is 0 Å². The van der Waals surface area contributed by atoms with Gasteiger partial charge in [-0.15, -0.1) is 0 Å². The number of hydrogen-bond donors (Lipinski definition) is 1. The maximum Gasteiger partial charge on any atom is 0.126 e. The van der Waals surface area contributed by atoms with Gasteiger partial charge in [-0.25, -0.2) is 0 Å². The molecule has 0 radical (unpaired) electrons. The highest BCUT2D eigenvalue weighted by molar-refractivity contribution is 4.88. The molecule has 1 heterocycles. The van der Waals surface area contributed by atoms with Gasteiger partial charge in [0.15, 0.2) is 0 Å². The summed E-state index contributed by atoms with van der Waals surface area (Å²) in [6, 6.07) is 0. The van der Waals surface area contributed by atoms with E-state index < -0.39 is 0 Å². The molecule has 0 saturated carbocycles. The van der Waals surface area contributed by atoms with Crippen LogP contribution < -0.4 is 0 Å². The van der Waals surface area contributed by atoms with Crippen molar-refractivity contribution in [3.05, 3.63) is 12.3 Å². The summed E-state index contributed by atoms with van der Waals surface area (Å²) in [6.45, 7) is 3.00. The molecule has 2 nitrogen and oxygen atoms in total. The molecular weight excluding hydrogens is 126 g/mol. The van der Waals surface area contributed by atoms with Crippen LogP contribution in [0.2, 0.25) is 0 Å². The van der Waals surface area contributed by atoms with E-state index in [0.717, 1.165) is 19.4 Å². The van der Waals surface area contributed by atoms with Crippen LogP contribution in [0.5, 0.6) is 0 Å². The zero-order chi connectivity index (χ0) is 7.40. The van der Waals surface area contributed by atoms with Crippen LogP contribution in [0.1, 0.15) is 26.2 Å². The van der Waals surface area contributed by atoms with Gasteiger partial charge >= 0.3 is 0 Å². The number of aliphatic hydroxyl groups is 1. The van der Waals surface area contributed by atoms with Gasteiger partial charge in [-0.2, -0.15) is 0 Å². The van der Waals surface area contributed by atoms with Crippen LogP contribution in [0, 0.1) is 0 Å². The van der Waals surface area contributed by atoms with Gasteiger partial charge in [0.2, 0.25) is 0 Å². The molecule has 2 heteroatoms. The van der Waals surface area contributed by atoms with Gasteiger partial charge < -0.3 is 10.0 Å². The van der Waals surface area contributed by atoms with E-state index in [4.69, 9.17) is 0 Å². The van der Waals surface area contributed by atoms with Crippen molar-refractivity contribution in [2.75, 3.05) is 6.54 Å². The summed E-state index contributed by atoms with van der Waals surface area (Å²) in [6.07, 6.45) is 6.99. The molecule has 0 aliphatic carbocycles. The molecule has 10 heavy (non-hydrogen) atoms. The number of aliphatic hydroxyl groups excluding tert-OH is 1. The molecule has 0 saturated heterocycles. The minimum absolute atomic E-state index is 0.267. The second-order valence-corrected chi connectivity index (χ2v) is 2.65. The van der Waals surface area contributed by atoms with Crippen molar-refractivity contribution in [1.82, 2.24) is 4.90 Å². The third-order valence-electron chi connectivity index (χ3n) is 1.83. The van der Waals surface area contributed by atoms with Crippen molar-refractivity contribution in [3.63, 3.8) is 0 Å². The van der Waals surface area contributed by atoms with Gasteiger partial charge in [0.1, 0.15) is 6.23 Å². The van der Waals surface area contributed by atoms with E-state index in [2.05, 4.69) is 6.08 Å². The standard InChI is InChI=1S/C8H15NO/c1-2-8(10)9-6-4-3-5-7-9/h4,6,8,10H,2-3,5,7H2,1H3. The Morgan fingerprint density at radius 2 is 2.50 bits per heavy atom. The predicted octanol–water partition coefficient (Wildman–Crippen LogP) is 1.32. The van der Waals surface area contributed by atoms with E-state index >= 15 is 0 Å². The second kappa shape index (κ2) is 3.62. The summed E-state index contributed by atoms with van der Waals surface area (Å²) in [7, 11) is 0. The van der Waals surface area contributed by atoms with Crippen LogP contribution in [0.4, 0.5) is 0 Å². The first-order valence-corrected chi connectivity index (χ1v) is 3.95. The van der Waals surface area contributed by atoms with Crippen LogP contribution >= 0.6 is 0 Å². The zero-order valence-electron chi connectivity index (χ0n) is 6.45. The minimum Gasteiger partial charge on any atom is -0.374 e. The molecule has 0 aromatic carbocycles. The molecule has 0 bridgehead atoms. The average molecular weight is 141 g/mol. The van der Waals surface area contributed by atoms with Crippen LogP contribution in [-0.4, -0.2) is 22.8 Å². The van der Waals surface area contributed by atoms with Crippen molar-refractivity contribution in [2.24, 2.45) is 0 Å². The average Bonchev–Trinajstić information content (AvgIpc) is 2.05. The Hall–Kier alpha value is -0.500. The molecular formula is C8H15NO. The molecule has 1 unspecified atom stereocenters. The van der Waals surface area contributed by atoms with Gasteiger partial charge in [-0.3, -0.25) is 0 Å². The van der Waals surface area contributed by atoms with Crippen LogP contribution in [0.3, 0.4) is 0 Å². The summed E-state index contributed by atoms with van der Waals surface area (Å²) in [5.41, 5.74) is 0. The monoisotopic (exact) mass is 141 g/mol. The maximum atomic E-state index is 9.36. The molecule has 1 aliphatic heterocycles. The smallest absolute Gasteiger partial charge is 0.126 e. The Morgan fingerprint density at radius 3 is 3.00 bits per heavy atom. The summed E-state index contributed by atoms with van der Waals surface area (Å²) < 4.78 is 0. The number of nitrogens with zero attached hydrogens (tertiary/aromatic N) is 1. The lowest BCUT2D eigenvalue weighted by molar-refractivity contribution is 0.0314. The van der Waals surface area contributed by atoms with Crippen molar-refractivity contribution in [1.29, 1.82) is 0 Å². The van der Waals surface area contributed by atoms with Gasteiger partial charge in [0.25, 0.3) is 0 Å². The van der Waals surface area contributed by atoms with Crippen molar-refractivity contribution >= 4 is 0 Å². The molecule has 58 valence electrons. The van der Waals surface area contributed by atoms with Crippen LogP contribution in [0.15, 0.2) is 12.3 Å². The van der Waals surface area contributed by atoms with Crippen molar-refractivity contribution in [2.45, 2.75) is 32.4 Å². The topological polar surface area (TPSA) is 23.5 Å². The molecule has 0 spiro atoms. The normalized spacial score (nSPS) is 21.2. The highest BCUT2D eigenvalue weighted by Gasteiger charge is 2.10. The fraction of sp³-hybridized carbons (Fsp3) is 0.750. The number of allylic oxidation sites excluding steroid dienone is 1. The van der Waals surface area contributed by atoms with E-state index in [1.807, 2.05) is 18.0 Å². The van der Waals surface area contributed by atoms with Gasteiger partial charge in [-0.05, 0) is 25.5 Å². The van der Waals surface area contributed by atoms with E-state index in [-0.39, 0.29) is 6.23 Å². The molecule has 1 aliphatic rings. The fourth-order valence-corrected chi connectivity index (χ4v) is 1.16. The molecule has 1 rings (SSSR count). The molecule has 1 atom stereocenters. The highest BCUT2D eigenvalue weighted by Crippen LogP contribution is 2.09. The third-order valence-corrected chi connectivity index (χ3v) is 1.83. The number of hydrogen-bond acceptors (Lipinski definition) is 2.